The van der Waals surface area contributed by atoms with Crippen LogP contribution in [-0.4, -0.2) is 11.1 Å². The molecule has 0 aliphatic carbocycles. The molecule has 0 heterocycles. The molecule has 124 valence electrons. The molecule has 0 spiro atoms. The molecule has 4 heteroatoms. The quantitative estimate of drug-likeness (QED) is 0.284. The predicted molar refractivity (Wildman–Crippen MR) is 86.0 cm³/mol. The number of allylic oxidation sites excluding steroid dienone is 2. The Morgan fingerprint density at radius 1 is 0.864 bits per heavy atom. The van der Waals surface area contributed by atoms with E-state index in [-0.39, 0.29) is 36.0 Å². The first-order valence-electron chi connectivity index (χ1n) is 8.74. The Morgan fingerprint density at radius 3 is 1.95 bits per heavy atom. The number of hydrogen-bond donors (Lipinski definition) is 1. The van der Waals surface area contributed by atoms with Crippen LogP contribution < -0.4 is 34.7 Å². The van der Waals surface area contributed by atoms with Crippen LogP contribution in [0, 0.1) is 0 Å². The van der Waals surface area contributed by atoms with Gasteiger partial charge in [-0.25, -0.2) is 0 Å². The molecule has 0 aliphatic rings. The minimum atomic E-state index is -0.705. The van der Waals surface area contributed by atoms with Gasteiger partial charge in [-0.1, -0.05) is 70.8 Å². The van der Waals surface area contributed by atoms with Gasteiger partial charge in [0, 0.05) is 6.42 Å². The van der Waals surface area contributed by atoms with Crippen LogP contribution in [0.2, 0.25) is 0 Å². The van der Waals surface area contributed by atoms with Crippen molar-refractivity contribution in [2.45, 2.75) is 96.8 Å². The molecule has 0 amide bonds. The molecule has 0 aromatic rings. The Kier molecular flexibility index (Phi) is 21.0. The molecular formula is C18H33NaO3. The zero-order chi connectivity index (χ0) is 15.8. The summed E-state index contributed by atoms with van der Waals surface area (Å²) >= 11 is 0. The van der Waals surface area contributed by atoms with Crippen molar-refractivity contribution >= 4 is 5.97 Å². The third-order valence-corrected chi connectivity index (χ3v) is 3.74. The summed E-state index contributed by atoms with van der Waals surface area (Å²) in [6.07, 6.45) is 16.1. The van der Waals surface area contributed by atoms with E-state index in [0.29, 0.717) is 12.2 Å². The number of carboxylic acids is 1. The zero-order valence-corrected chi connectivity index (χ0v) is 16.7. The SMILES string of the molecule is CCCCCCCC/C([O-])=C\CCCCCCCC(=O)O.[Na+]. The molecule has 0 aromatic carbocycles. The van der Waals surface area contributed by atoms with Crippen LogP contribution in [0.25, 0.3) is 0 Å². The molecule has 0 saturated carbocycles. The van der Waals surface area contributed by atoms with Gasteiger partial charge in [0.1, 0.15) is 0 Å². The van der Waals surface area contributed by atoms with E-state index in [1.165, 1.54) is 32.1 Å². The van der Waals surface area contributed by atoms with E-state index in [2.05, 4.69) is 6.92 Å². The van der Waals surface area contributed by atoms with Crippen LogP contribution >= 0.6 is 0 Å². The van der Waals surface area contributed by atoms with Crippen molar-refractivity contribution in [2.24, 2.45) is 0 Å². The van der Waals surface area contributed by atoms with Gasteiger partial charge in [0.15, 0.2) is 0 Å². The second-order valence-electron chi connectivity index (χ2n) is 5.89. The van der Waals surface area contributed by atoms with Gasteiger partial charge in [0.05, 0.1) is 0 Å². The van der Waals surface area contributed by atoms with Crippen molar-refractivity contribution in [3.8, 4) is 0 Å². The smallest absolute Gasteiger partial charge is 0.876 e. The number of hydrogen-bond acceptors (Lipinski definition) is 2. The molecule has 0 bridgehead atoms. The van der Waals surface area contributed by atoms with E-state index >= 15 is 0 Å². The number of rotatable bonds is 15. The van der Waals surface area contributed by atoms with Crippen LogP contribution in [0.15, 0.2) is 11.8 Å². The molecule has 0 radical (unpaired) electrons. The van der Waals surface area contributed by atoms with Gasteiger partial charge in [-0.15, -0.1) is 5.76 Å². The first-order chi connectivity index (χ1) is 10.2. The average Bonchev–Trinajstić information content (AvgIpc) is 2.45. The molecule has 3 nitrogen and oxygen atoms in total. The van der Waals surface area contributed by atoms with Gasteiger partial charge in [-0.2, -0.15) is 0 Å². The number of carbonyl (C=O) groups is 1. The van der Waals surface area contributed by atoms with Crippen LogP contribution in [0.3, 0.4) is 0 Å². The third kappa shape index (κ3) is 20.0. The summed E-state index contributed by atoms with van der Waals surface area (Å²) in [5.41, 5.74) is 0. The van der Waals surface area contributed by atoms with E-state index in [4.69, 9.17) is 5.11 Å². The minimum Gasteiger partial charge on any atom is -0.876 e. The maximum Gasteiger partial charge on any atom is 1.00 e. The van der Waals surface area contributed by atoms with Crippen LogP contribution in [0.1, 0.15) is 96.8 Å². The minimum absolute atomic E-state index is 0. The van der Waals surface area contributed by atoms with E-state index in [9.17, 15) is 9.90 Å². The Morgan fingerprint density at radius 2 is 1.36 bits per heavy atom. The molecule has 1 N–H and O–H groups in total. The van der Waals surface area contributed by atoms with Gasteiger partial charge in [0.25, 0.3) is 0 Å². The fraction of sp³-hybridized carbons (Fsp3) is 0.833. The second kappa shape index (κ2) is 19.1. The van der Waals surface area contributed by atoms with Crippen LogP contribution in [0.5, 0.6) is 0 Å². The predicted octanol–water partition coefficient (Wildman–Crippen LogP) is 1.80. The van der Waals surface area contributed by atoms with Gasteiger partial charge >= 0.3 is 35.5 Å². The summed E-state index contributed by atoms with van der Waals surface area (Å²) < 4.78 is 0. The largest absolute Gasteiger partial charge is 1.00 e. The standard InChI is InChI=1S/C18H34O3.Na/c1-2-3-4-5-8-11-14-17(19)15-12-9-6-7-10-13-16-18(20)21;/h15,19H,2-14,16H2,1H3,(H,20,21);/q;+1/p-1/b17-15+;. The van der Waals surface area contributed by atoms with Crippen molar-refractivity contribution in [1.29, 1.82) is 0 Å². The van der Waals surface area contributed by atoms with Crippen molar-refractivity contribution in [1.82, 2.24) is 0 Å². The Hall–Kier alpha value is 0.0100. The fourth-order valence-corrected chi connectivity index (χ4v) is 2.40. The van der Waals surface area contributed by atoms with Crippen LogP contribution in [-0.2, 0) is 4.79 Å². The van der Waals surface area contributed by atoms with Crippen molar-refractivity contribution in [2.75, 3.05) is 0 Å². The summed E-state index contributed by atoms with van der Waals surface area (Å²) in [6.45, 7) is 2.21. The molecule has 0 saturated heterocycles. The number of unbranched alkanes of at least 4 members (excludes halogenated alkanes) is 10. The zero-order valence-electron chi connectivity index (χ0n) is 14.7. The summed E-state index contributed by atoms with van der Waals surface area (Å²) in [4.78, 5) is 10.3. The Bertz CT molecular complexity index is 278. The molecule has 22 heavy (non-hydrogen) atoms. The van der Waals surface area contributed by atoms with E-state index in [1.54, 1.807) is 0 Å². The monoisotopic (exact) mass is 320 g/mol. The molecule has 0 aliphatic heterocycles. The van der Waals surface area contributed by atoms with E-state index in [0.717, 1.165) is 44.9 Å². The second-order valence-corrected chi connectivity index (χ2v) is 5.89. The maximum atomic E-state index is 11.6. The summed E-state index contributed by atoms with van der Waals surface area (Å²) in [7, 11) is 0. The van der Waals surface area contributed by atoms with Gasteiger partial charge in [-0.3, -0.25) is 4.79 Å². The van der Waals surface area contributed by atoms with E-state index < -0.39 is 5.97 Å². The molecule has 0 rings (SSSR count). The Balaban J connectivity index is 0. The number of carboxylic acid groups (broad SMARTS) is 1. The topological polar surface area (TPSA) is 60.4 Å². The first-order valence-corrected chi connectivity index (χ1v) is 8.74. The molecule has 0 unspecified atom stereocenters. The van der Waals surface area contributed by atoms with Crippen LogP contribution in [0.4, 0.5) is 0 Å². The maximum absolute atomic E-state index is 11.6. The Labute approximate surface area is 158 Å². The van der Waals surface area contributed by atoms with Crippen molar-refractivity contribution < 1.29 is 44.6 Å². The van der Waals surface area contributed by atoms with Crippen molar-refractivity contribution in [3.63, 3.8) is 0 Å². The molecule has 0 atom stereocenters. The van der Waals surface area contributed by atoms with E-state index in [1.807, 2.05) is 6.08 Å². The average molecular weight is 320 g/mol. The summed E-state index contributed by atoms with van der Waals surface area (Å²) in [5.74, 6) is -0.403. The van der Waals surface area contributed by atoms with Gasteiger partial charge < -0.3 is 10.2 Å². The molecule has 0 aromatic heterocycles. The molecule has 0 fully saturated rings. The first kappa shape index (κ1) is 24.3. The van der Waals surface area contributed by atoms with Gasteiger partial charge in [0.2, 0.25) is 0 Å². The number of aliphatic carboxylic acids is 1. The third-order valence-electron chi connectivity index (χ3n) is 3.74. The van der Waals surface area contributed by atoms with Crippen molar-refractivity contribution in [3.05, 3.63) is 11.8 Å². The summed E-state index contributed by atoms with van der Waals surface area (Å²) in [5, 5.41) is 20.1. The molecular weight excluding hydrogens is 287 g/mol. The summed E-state index contributed by atoms with van der Waals surface area (Å²) in [6, 6.07) is 0. The normalized spacial score (nSPS) is 11.2. The fourth-order valence-electron chi connectivity index (χ4n) is 2.40. The van der Waals surface area contributed by atoms with Gasteiger partial charge in [-0.05, 0) is 25.7 Å².